The van der Waals surface area contributed by atoms with Crippen LogP contribution in [0.1, 0.15) is 18.4 Å². The second-order valence-electron chi connectivity index (χ2n) is 4.68. The molecule has 0 bridgehead atoms. The summed E-state index contributed by atoms with van der Waals surface area (Å²) in [7, 11) is 0. The molecule has 0 unspecified atom stereocenters. The van der Waals surface area contributed by atoms with Gasteiger partial charge in [-0.15, -0.1) is 0 Å². The van der Waals surface area contributed by atoms with Crippen LogP contribution >= 0.6 is 0 Å². The number of benzene rings is 1. The van der Waals surface area contributed by atoms with Crippen LogP contribution in [0.3, 0.4) is 0 Å². The number of alkyl halides is 3. The first-order chi connectivity index (χ1) is 9.34. The molecule has 0 radical (unpaired) electrons. The van der Waals surface area contributed by atoms with Crippen molar-refractivity contribution in [1.82, 2.24) is 0 Å². The van der Waals surface area contributed by atoms with Gasteiger partial charge in [-0.25, -0.2) is 0 Å². The maximum atomic E-state index is 12.9. The maximum absolute atomic E-state index is 12.9. The summed E-state index contributed by atoms with van der Waals surface area (Å²) in [6.45, 7) is 0.954. The SMILES string of the molecule is NC[C@H]1CCCN1c1ccc([N+](=O)[O-])c(C(F)(F)F)c1. The minimum Gasteiger partial charge on any atom is -0.367 e. The lowest BCUT2D eigenvalue weighted by Crippen LogP contribution is -2.35. The zero-order valence-corrected chi connectivity index (χ0v) is 10.6. The molecule has 1 heterocycles. The van der Waals surface area contributed by atoms with Gasteiger partial charge in [-0.2, -0.15) is 13.2 Å². The third kappa shape index (κ3) is 2.69. The van der Waals surface area contributed by atoms with E-state index in [0.29, 0.717) is 18.8 Å². The van der Waals surface area contributed by atoms with Gasteiger partial charge >= 0.3 is 6.18 Å². The van der Waals surface area contributed by atoms with E-state index in [4.69, 9.17) is 5.73 Å². The minimum atomic E-state index is -4.75. The van der Waals surface area contributed by atoms with Crippen LogP contribution in [0.2, 0.25) is 0 Å². The Morgan fingerprint density at radius 2 is 2.15 bits per heavy atom. The van der Waals surface area contributed by atoms with Crippen LogP contribution in [-0.4, -0.2) is 24.1 Å². The molecule has 20 heavy (non-hydrogen) atoms. The van der Waals surface area contributed by atoms with Crippen LogP contribution in [0.5, 0.6) is 0 Å². The molecule has 1 aliphatic rings. The first-order valence-electron chi connectivity index (χ1n) is 6.17. The number of hydrogen-bond acceptors (Lipinski definition) is 4. The molecule has 0 aliphatic carbocycles. The van der Waals surface area contributed by atoms with Crippen LogP contribution in [0.4, 0.5) is 24.5 Å². The maximum Gasteiger partial charge on any atom is 0.423 e. The highest BCUT2D eigenvalue weighted by atomic mass is 19.4. The molecule has 1 aromatic carbocycles. The fraction of sp³-hybridized carbons (Fsp3) is 0.500. The second kappa shape index (κ2) is 5.28. The van der Waals surface area contributed by atoms with Gasteiger partial charge in [-0.1, -0.05) is 0 Å². The summed E-state index contributed by atoms with van der Waals surface area (Å²) in [6, 6.07) is 3.08. The summed E-state index contributed by atoms with van der Waals surface area (Å²) < 4.78 is 38.7. The number of nitrogens with zero attached hydrogens (tertiary/aromatic N) is 2. The van der Waals surface area contributed by atoms with E-state index in [9.17, 15) is 23.3 Å². The van der Waals surface area contributed by atoms with Crippen LogP contribution in [-0.2, 0) is 6.18 Å². The molecule has 8 heteroatoms. The number of anilines is 1. The Balaban J connectivity index is 2.44. The molecule has 0 saturated carbocycles. The topological polar surface area (TPSA) is 72.4 Å². The van der Waals surface area contributed by atoms with E-state index in [1.165, 1.54) is 6.07 Å². The van der Waals surface area contributed by atoms with Crippen molar-refractivity contribution in [2.24, 2.45) is 5.73 Å². The van der Waals surface area contributed by atoms with Crippen molar-refractivity contribution in [3.05, 3.63) is 33.9 Å². The van der Waals surface area contributed by atoms with Crippen molar-refractivity contribution in [1.29, 1.82) is 0 Å². The molecular weight excluding hydrogens is 275 g/mol. The number of nitro groups is 1. The smallest absolute Gasteiger partial charge is 0.367 e. The largest absolute Gasteiger partial charge is 0.423 e. The quantitative estimate of drug-likeness (QED) is 0.685. The lowest BCUT2D eigenvalue weighted by atomic mass is 10.1. The molecule has 110 valence electrons. The zero-order valence-electron chi connectivity index (χ0n) is 10.6. The fourth-order valence-corrected chi connectivity index (χ4v) is 2.51. The molecule has 1 aliphatic heterocycles. The van der Waals surface area contributed by atoms with Gasteiger partial charge in [-0.3, -0.25) is 10.1 Å². The predicted molar refractivity (Wildman–Crippen MR) is 67.5 cm³/mol. The third-order valence-electron chi connectivity index (χ3n) is 3.46. The highest BCUT2D eigenvalue weighted by Crippen LogP contribution is 2.39. The molecule has 1 aromatic rings. The van der Waals surface area contributed by atoms with Crippen molar-refractivity contribution >= 4 is 11.4 Å². The lowest BCUT2D eigenvalue weighted by molar-refractivity contribution is -0.388. The normalized spacial score (nSPS) is 19.4. The van der Waals surface area contributed by atoms with Crippen molar-refractivity contribution in [2.45, 2.75) is 25.1 Å². The molecule has 0 spiro atoms. The van der Waals surface area contributed by atoms with Crippen LogP contribution in [0.25, 0.3) is 0 Å². The molecule has 5 nitrogen and oxygen atoms in total. The average Bonchev–Trinajstić information content (AvgIpc) is 2.85. The van der Waals surface area contributed by atoms with E-state index in [1.807, 2.05) is 0 Å². The van der Waals surface area contributed by atoms with Gasteiger partial charge < -0.3 is 10.6 Å². The van der Waals surface area contributed by atoms with Gasteiger partial charge in [0.15, 0.2) is 0 Å². The standard InChI is InChI=1S/C12H14F3N3O2/c13-12(14,15)10-6-8(3-4-11(10)18(19)20)17-5-1-2-9(17)7-16/h3-4,6,9H,1-2,5,7,16H2/t9-/m1/s1. The van der Waals surface area contributed by atoms with Crippen molar-refractivity contribution in [3.63, 3.8) is 0 Å². The third-order valence-corrected chi connectivity index (χ3v) is 3.46. The van der Waals surface area contributed by atoms with E-state index in [1.54, 1.807) is 4.90 Å². The summed E-state index contributed by atoms with van der Waals surface area (Å²) in [5.74, 6) is 0. The Kier molecular flexibility index (Phi) is 3.85. The molecule has 0 amide bonds. The van der Waals surface area contributed by atoms with Crippen molar-refractivity contribution in [2.75, 3.05) is 18.0 Å². The van der Waals surface area contributed by atoms with E-state index in [0.717, 1.165) is 25.0 Å². The zero-order chi connectivity index (χ0) is 14.9. The van der Waals surface area contributed by atoms with E-state index >= 15 is 0 Å². The van der Waals surface area contributed by atoms with Gasteiger partial charge in [0.2, 0.25) is 0 Å². The van der Waals surface area contributed by atoms with Gasteiger partial charge in [-0.05, 0) is 25.0 Å². The number of nitrogens with two attached hydrogens (primary N) is 1. The Bertz CT molecular complexity index is 519. The summed E-state index contributed by atoms with van der Waals surface area (Å²) in [5, 5.41) is 10.7. The molecule has 2 N–H and O–H groups in total. The van der Waals surface area contributed by atoms with Gasteiger partial charge in [0.1, 0.15) is 5.56 Å². The molecule has 1 saturated heterocycles. The first kappa shape index (κ1) is 14.6. The Hall–Kier alpha value is -1.83. The minimum absolute atomic E-state index is 0.0162. The summed E-state index contributed by atoms with van der Waals surface area (Å²) in [5.41, 5.74) is 3.77. The predicted octanol–water partition coefficient (Wildman–Crippen LogP) is 2.54. The van der Waals surface area contributed by atoms with Crippen molar-refractivity contribution in [3.8, 4) is 0 Å². The number of nitro benzene ring substituents is 1. The lowest BCUT2D eigenvalue weighted by Gasteiger charge is -2.26. The monoisotopic (exact) mass is 289 g/mol. The Labute approximate surface area is 113 Å². The van der Waals surface area contributed by atoms with E-state index < -0.39 is 22.4 Å². The Morgan fingerprint density at radius 1 is 1.45 bits per heavy atom. The number of halogens is 3. The van der Waals surface area contributed by atoms with Gasteiger partial charge in [0.05, 0.1) is 4.92 Å². The first-order valence-corrected chi connectivity index (χ1v) is 6.17. The van der Waals surface area contributed by atoms with Crippen LogP contribution in [0, 0.1) is 10.1 Å². The molecule has 1 fully saturated rings. The summed E-state index contributed by atoms with van der Waals surface area (Å²) in [6.07, 6.45) is -3.09. The highest BCUT2D eigenvalue weighted by Gasteiger charge is 2.39. The second-order valence-corrected chi connectivity index (χ2v) is 4.68. The van der Waals surface area contributed by atoms with Gasteiger partial charge in [0, 0.05) is 30.9 Å². The highest BCUT2D eigenvalue weighted by molar-refractivity contribution is 5.57. The molecule has 1 atom stereocenters. The molecule has 2 rings (SSSR count). The fourth-order valence-electron chi connectivity index (χ4n) is 2.51. The van der Waals surface area contributed by atoms with Crippen LogP contribution in [0.15, 0.2) is 18.2 Å². The van der Waals surface area contributed by atoms with Crippen LogP contribution < -0.4 is 10.6 Å². The molecule has 0 aromatic heterocycles. The molecular formula is C12H14F3N3O2. The van der Waals surface area contributed by atoms with Gasteiger partial charge in [0.25, 0.3) is 5.69 Å². The van der Waals surface area contributed by atoms with E-state index in [-0.39, 0.29) is 6.04 Å². The van der Waals surface area contributed by atoms with E-state index in [2.05, 4.69) is 0 Å². The summed E-state index contributed by atoms with van der Waals surface area (Å²) in [4.78, 5) is 11.5. The summed E-state index contributed by atoms with van der Waals surface area (Å²) >= 11 is 0. The number of hydrogen-bond donors (Lipinski definition) is 1. The number of rotatable bonds is 3. The Morgan fingerprint density at radius 3 is 2.70 bits per heavy atom. The van der Waals surface area contributed by atoms with Crippen molar-refractivity contribution < 1.29 is 18.1 Å². The average molecular weight is 289 g/mol.